The lowest BCUT2D eigenvalue weighted by atomic mass is 10.1. The highest BCUT2D eigenvalue weighted by atomic mass is 127. The second-order valence-corrected chi connectivity index (χ2v) is 6.74. The van der Waals surface area contributed by atoms with Gasteiger partial charge in [0.25, 0.3) is 5.91 Å². The fourth-order valence-corrected chi connectivity index (χ4v) is 3.02. The zero-order chi connectivity index (χ0) is 17.8. The summed E-state index contributed by atoms with van der Waals surface area (Å²) < 4.78 is 6.07. The van der Waals surface area contributed by atoms with Crippen molar-refractivity contribution in [3.05, 3.63) is 75.9 Å². The van der Waals surface area contributed by atoms with Crippen LogP contribution in [0.5, 0.6) is 0 Å². The van der Waals surface area contributed by atoms with Crippen molar-refractivity contribution in [3.8, 4) is 0 Å². The van der Waals surface area contributed by atoms with Crippen LogP contribution in [-0.2, 0) is 9.53 Å². The summed E-state index contributed by atoms with van der Waals surface area (Å²) in [5.74, 6) is -0.874. The Hall–Kier alpha value is -2.41. The quantitative estimate of drug-likeness (QED) is 0.471. The van der Waals surface area contributed by atoms with Gasteiger partial charge in [-0.1, -0.05) is 42.5 Å². The Bertz CT molecular complexity index is 939. The molecule has 1 N–H and O–H groups in total. The van der Waals surface area contributed by atoms with Crippen molar-refractivity contribution in [2.24, 2.45) is 0 Å². The molecule has 1 unspecified atom stereocenters. The maximum absolute atomic E-state index is 12.3. The number of benzene rings is 3. The number of ether oxygens (including phenoxy) is 1. The molecule has 0 aliphatic rings. The number of hydrogen-bond donors (Lipinski definition) is 1. The summed E-state index contributed by atoms with van der Waals surface area (Å²) in [6.45, 7) is 1.56. The van der Waals surface area contributed by atoms with E-state index < -0.39 is 12.1 Å². The van der Waals surface area contributed by atoms with E-state index in [1.54, 1.807) is 19.1 Å². The van der Waals surface area contributed by atoms with Gasteiger partial charge in [0.15, 0.2) is 6.10 Å². The van der Waals surface area contributed by atoms with Gasteiger partial charge in [-0.25, -0.2) is 4.79 Å². The summed E-state index contributed by atoms with van der Waals surface area (Å²) in [4.78, 5) is 24.5. The highest BCUT2D eigenvalue weighted by Crippen LogP contribution is 2.19. The van der Waals surface area contributed by atoms with E-state index in [2.05, 4.69) is 27.9 Å². The molecule has 3 rings (SSSR count). The van der Waals surface area contributed by atoms with Crippen LogP contribution >= 0.6 is 22.6 Å². The Morgan fingerprint density at radius 3 is 2.40 bits per heavy atom. The smallest absolute Gasteiger partial charge is 0.339 e. The van der Waals surface area contributed by atoms with E-state index in [9.17, 15) is 9.59 Å². The van der Waals surface area contributed by atoms with Crippen LogP contribution in [-0.4, -0.2) is 18.0 Å². The van der Waals surface area contributed by atoms with Gasteiger partial charge in [-0.05, 0) is 64.6 Å². The lowest BCUT2D eigenvalue weighted by molar-refractivity contribution is -0.123. The van der Waals surface area contributed by atoms with E-state index in [1.807, 2.05) is 54.6 Å². The molecule has 1 amide bonds. The summed E-state index contributed by atoms with van der Waals surface area (Å²) in [7, 11) is 0. The molecular formula is C20H16INO3. The molecule has 1 atom stereocenters. The van der Waals surface area contributed by atoms with Crippen molar-refractivity contribution in [3.63, 3.8) is 0 Å². The summed E-state index contributed by atoms with van der Waals surface area (Å²) in [6.07, 6.45) is -0.894. The zero-order valence-corrected chi connectivity index (χ0v) is 15.7. The fraction of sp³-hybridized carbons (Fsp3) is 0.100. The molecular weight excluding hydrogens is 429 g/mol. The molecule has 0 aliphatic carbocycles. The zero-order valence-electron chi connectivity index (χ0n) is 13.5. The van der Waals surface area contributed by atoms with Crippen molar-refractivity contribution in [1.82, 2.24) is 0 Å². The summed E-state index contributed by atoms with van der Waals surface area (Å²) in [5.41, 5.74) is 1.12. The van der Waals surface area contributed by atoms with Gasteiger partial charge in [0.2, 0.25) is 0 Å². The number of fused-ring (bicyclic) bond motifs is 1. The summed E-state index contributed by atoms with van der Waals surface area (Å²) >= 11 is 2.06. The minimum absolute atomic E-state index is 0.366. The van der Waals surface area contributed by atoms with Crippen molar-refractivity contribution in [1.29, 1.82) is 0 Å². The Labute approximate surface area is 159 Å². The molecule has 0 aromatic heterocycles. The predicted octanol–water partition coefficient (Wildman–Crippen LogP) is 4.63. The van der Waals surface area contributed by atoms with Gasteiger partial charge in [0.1, 0.15) is 0 Å². The first-order chi connectivity index (χ1) is 12.0. The van der Waals surface area contributed by atoms with Crippen LogP contribution in [0.1, 0.15) is 17.3 Å². The molecule has 0 saturated carbocycles. The maximum Gasteiger partial charge on any atom is 0.339 e. The van der Waals surface area contributed by atoms with Gasteiger partial charge in [-0.15, -0.1) is 0 Å². The standard InChI is InChI=1S/C20H16INO3/c1-13(25-20(24)17-8-4-5-9-18(17)21)19(23)22-16-11-10-14-6-2-3-7-15(14)12-16/h2-13H,1H3,(H,22,23). The molecule has 4 nitrogen and oxygen atoms in total. The molecule has 0 saturated heterocycles. The first kappa shape index (κ1) is 17.4. The van der Waals surface area contributed by atoms with Crippen molar-refractivity contribution < 1.29 is 14.3 Å². The number of hydrogen-bond acceptors (Lipinski definition) is 3. The molecule has 0 bridgehead atoms. The van der Waals surface area contributed by atoms with Gasteiger partial charge in [-0.3, -0.25) is 4.79 Å². The number of esters is 1. The lowest BCUT2D eigenvalue weighted by Crippen LogP contribution is -2.30. The van der Waals surface area contributed by atoms with Crippen LogP contribution in [0.25, 0.3) is 10.8 Å². The Morgan fingerprint density at radius 1 is 0.960 bits per heavy atom. The van der Waals surface area contributed by atoms with Crippen molar-refractivity contribution in [2.75, 3.05) is 5.32 Å². The molecule has 126 valence electrons. The van der Waals surface area contributed by atoms with Gasteiger partial charge in [-0.2, -0.15) is 0 Å². The van der Waals surface area contributed by atoms with Crippen LogP contribution in [0, 0.1) is 3.57 Å². The van der Waals surface area contributed by atoms with E-state index in [0.29, 0.717) is 11.3 Å². The topological polar surface area (TPSA) is 55.4 Å². The maximum atomic E-state index is 12.3. The van der Waals surface area contributed by atoms with Crippen LogP contribution in [0.3, 0.4) is 0 Å². The van der Waals surface area contributed by atoms with Crippen LogP contribution in [0.4, 0.5) is 5.69 Å². The third-order valence-corrected chi connectivity index (χ3v) is 4.70. The van der Waals surface area contributed by atoms with E-state index in [0.717, 1.165) is 14.3 Å². The van der Waals surface area contributed by atoms with E-state index >= 15 is 0 Å². The Morgan fingerprint density at radius 2 is 1.64 bits per heavy atom. The second kappa shape index (κ2) is 7.65. The second-order valence-electron chi connectivity index (χ2n) is 5.58. The minimum Gasteiger partial charge on any atom is -0.449 e. The van der Waals surface area contributed by atoms with Crippen molar-refractivity contribution in [2.45, 2.75) is 13.0 Å². The first-order valence-corrected chi connectivity index (χ1v) is 8.87. The molecule has 0 aliphatic heterocycles. The summed E-state index contributed by atoms with van der Waals surface area (Å²) in [5, 5.41) is 4.91. The van der Waals surface area contributed by atoms with Gasteiger partial charge in [0.05, 0.1) is 5.56 Å². The third kappa shape index (κ3) is 4.17. The van der Waals surface area contributed by atoms with E-state index in [-0.39, 0.29) is 5.91 Å². The average Bonchev–Trinajstić information content (AvgIpc) is 2.61. The number of carbonyl (C=O) groups is 2. The van der Waals surface area contributed by atoms with Crippen LogP contribution in [0.2, 0.25) is 0 Å². The minimum atomic E-state index is -0.894. The Balaban J connectivity index is 1.67. The molecule has 0 radical (unpaired) electrons. The number of anilines is 1. The average molecular weight is 445 g/mol. The molecule has 0 fully saturated rings. The molecule has 25 heavy (non-hydrogen) atoms. The first-order valence-electron chi connectivity index (χ1n) is 7.80. The number of halogens is 1. The number of carbonyl (C=O) groups excluding carboxylic acids is 2. The molecule has 0 heterocycles. The monoisotopic (exact) mass is 445 g/mol. The predicted molar refractivity (Wildman–Crippen MR) is 107 cm³/mol. The van der Waals surface area contributed by atoms with Gasteiger partial charge in [0, 0.05) is 9.26 Å². The summed E-state index contributed by atoms with van der Waals surface area (Å²) in [6, 6.07) is 20.7. The largest absolute Gasteiger partial charge is 0.449 e. The van der Waals surface area contributed by atoms with E-state index in [4.69, 9.17) is 4.74 Å². The third-order valence-electron chi connectivity index (χ3n) is 3.76. The molecule has 0 spiro atoms. The molecule has 5 heteroatoms. The van der Waals surface area contributed by atoms with Crippen LogP contribution < -0.4 is 5.32 Å². The van der Waals surface area contributed by atoms with Crippen LogP contribution in [0.15, 0.2) is 66.7 Å². The normalized spacial score (nSPS) is 11.8. The molecule has 3 aromatic carbocycles. The Kier molecular flexibility index (Phi) is 5.33. The van der Waals surface area contributed by atoms with Gasteiger partial charge < -0.3 is 10.1 Å². The SMILES string of the molecule is CC(OC(=O)c1ccccc1I)C(=O)Nc1ccc2ccccc2c1. The lowest BCUT2D eigenvalue weighted by Gasteiger charge is -2.14. The fourth-order valence-electron chi connectivity index (χ4n) is 2.42. The van der Waals surface area contributed by atoms with E-state index in [1.165, 1.54) is 0 Å². The molecule has 3 aromatic rings. The highest BCUT2D eigenvalue weighted by Gasteiger charge is 2.20. The van der Waals surface area contributed by atoms with Crippen molar-refractivity contribution >= 4 is 50.9 Å². The highest BCUT2D eigenvalue weighted by molar-refractivity contribution is 14.1. The number of rotatable bonds is 4. The number of amides is 1. The van der Waals surface area contributed by atoms with Gasteiger partial charge >= 0.3 is 5.97 Å². The number of nitrogens with one attached hydrogen (secondary N) is 1.